The molecule has 7 nitrogen and oxygen atoms in total. The SMILES string of the molecule is Cn1nc(-c2ccco2)cc1C1CN2CCC1CC2COC(=O)Nc1cccc(C(F)(F)F)c1. The fourth-order valence-corrected chi connectivity index (χ4v) is 5.12. The Kier molecular flexibility index (Phi) is 5.85. The van der Waals surface area contributed by atoms with Gasteiger partial charge in [-0.05, 0) is 61.7 Å². The van der Waals surface area contributed by atoms with Gasteiger partial charge in [0.2, 0.25) is 0 Å². The van der Waals surface area contributed by atoms with E-state index in [0.717, 1.165) is 55.2 Å². The van der Waals surface area contributed by atoms with E-state index >= 15 is 0 Å². The predicted octanol–water partition coefficient (Wildman–Crippen LogP) is 5.13. The van der Waals surface area contributed by atoms with Crippen molar-refractivity contribution in [2.75, 3.05) is 25.0 Å². The van der Waals surface area contributed by atoms with Crippen molar-refractivity contribution >= 4 is 11.8 Å². The fraction of sp³-hybridized carbons (Fsp3) is 0.417. The average Bonchev–Trinajstić information content (AvgIpc) is 3.47. The molecule has 180 valence electrons. The largest absolute Gasteiger partial charge is 0.463 e. The van der Waals surface area contributed by atoms with Gasteiger partial charge in [-0.15, -0.1) is 0 Å². The summed E-state index contributed by atoms with van der Waals surface area (Å²) in [6.45, 7) is 1.95. The van der Waals surface area contributed by atoms with E-state index in [-0.39, 0.29) is 18.3 Å². The zero-order valence-electron chi connectivity index (χ0n) is 18.6. The van der Waals surface area contributed by atoms with Gasteiger partial charge in [0.1, 0.15) is 12.3 Å². The van der Waals surface area contributed by atoms with E-state index in [1.807, 2.05) is 23.9 Å². The fourth-order valence-electron chi connectivity index (χ4n) is 5.12. The van der Waals surface area contributed by atoms with Crippen LogP contribution in [0.2, 0.25) is 0 Å². The van der Waals surface area contributed by atoms with Gasteiger partial charge in [-0.3, -0.25) is 14.9 Å². The van der Waals surface area contributed by atoms with Crippen molar-refractivity contribution in [2.24, 2.45) is 13.0 Å². The monoisotopic (exact) mass is 474 g/mol. The smallest absolute Gasteiger partial charge is 0.416 e. The third-order valence-electron chi connectivity index (χ3n) is 6.79. The zero-order valence-corrected chi connectivity index (χ0v) is 18.6. The molecule has 2 bridgehead atoms. The summed E-state index contributed by atoms with van der Waals surface area (Å²) in [5.74, 6) is 1.50. The number of furan rings is 1. The van der Waals surface area contributed by atoms with Gasteiger partial charge in [-0.2, -0.15) is 18.3 Å². The van der Waals surface area contributed by atoms with Crippen molar-refractivity contribution in [3.63, 3.8) is 0 Å². The molecule has 0 aliphatic carbocycles. The van der Waals surface area contributed by atoms with Crippen LogP contribution in [0, 0.1) is 5.92 Å². The molecule has 4 unspecified atom stereocenters. The number of anilines is 1. The number of halogens is 3. The van der Waals surface area contributed by atoms with Gasteiger partial charge in [-0.25, -0.2) is 4.79 Å². The summed E-state index contributed by atoms with van der Waals surface area (Å²) in [4.78, 5) is 14.5. The topological polar surface area (TPSA) is 72.5 Å². The number of benzene rings is 1. The predicted molar refractivity (Wildman–Crippen MR) is 118 cm³/mol. The number of nitrogens with one attached hydrogen (secondary N) is 1. The Balaban J connectivity index is 1.18. The van der Waals surface area contributed by atoms with Crippen molar-refractivity contribution in [2.45, 2.75) is 31.0 Å². The van der Waals surface area contributed by atoms with Crippen LogP contribution in [-0.4, -0.2) is 46.5 Å². The Morgan fingerprint density at radius 3 is 2.82 bits per heavy atom. The number of carbonyl (C=O) groups is 1. The van der Waals surface area contributed by atoms with E-state index in [0.29, 0.717) is 11.8 Å². The number of amides is 1. The first-order chi connectivity index (χ1) is 16.3. The number of nitrogens with zero attached hydrogens (tertiary/aromatic N) is 3. The lowest BCUT2D eigenvalue weighted by Gasteiger charge is -2.49. The number of aryl methyl sites for hydroxylation is 1. The van der Waals surface area contributed by atoms with E-state index in [2.05, 4.69) is 21.4 Å². The highest BCUT2D eigenvalue weighted by atomic mass is 19.4. The van der Waals surface area contributed by atoms with Gasteiger partial charge >= 0.3 is 12.3 Å². The number of ether oxygens (including phenoxy) is 1. The van der Waals surface area contributed by atoms with E-state index in [1.54, 1.807) is 6.26 Å². The number of carbonyl (C=O) groups excluding carboxylic acids is 1. The number of rotatable bonds is 5. The molecule has 0 saturated carbocycles. The van der Waals surface area contributed by atoms with Crippen LogP contribution >= 0.6 is 0 Å². The first kappa shape index (κ1) is 22.5. The molecule has 3 aromatic rings. The van der Waals surface area contributed by atoms with Gasteiger partial charge in [0.05, 0.1) is 11.8 Å². The van der Waals surface area contributed by atoms with Gasteiger partial charge in [0.25, 0.3) is 0 Å². The summed E-state index contributed by atoms with van der Waals surface area (Å²) in [5.41, 5.74) is 1.19. The zero-order chi connectivity index (χ0) is 23.9. The minimum absolute atomic E-state index is 0.0499. The molecule has 0 spiro atoms. The number of alkyl halides is 3. The van der Waals surface area contributed by atoms with Crippen LogP contribution in [0.1, 0.15) is 30.0 Å². The number of fused-ring (bicyclic) bond motifs is 3. The first-order valence-electron chi connectivity index (χ1n) is 11.2. The van der Waals surface area contributed by atoms with E-state index in [4.69, 9.17) is 9.15 Å². The molecule has 6 rings (SSSR count). The molecule has 3 aliphatic rings. The average molecular weight is 474 g/mol. The number of piperidine rings is 3. The molecule has 5 heterocycles. The van der Waals surface area contributed by atoms with Crippen LogP contribution < -0.4 is 5.32 Å². The summed E-state index contributed by atoms with van der Waals surface area (Å²) in [6, 6.07) is 10.4. The van der Waals surface area contributed by atoms with Crippen LogP contribution in [-0.2, 0) is 18.0 Å². The quantitative estimate of drug-likeness (QED) is 0.555. The molecule has 3 saturated heterocycles. The highest BCUT2D eigenvalue weighted by molar-refractivity contribution is 5.84. The molecule has 3 aliphatic heterocycles. The number of aromatic nitrogens is 2. The van der Waals surface area contributed by atoms with Crippen molar-refractivity contribution in [3.05, 3.63) is 60.0 Å². The maximum Gasteiger partial charge on any atom is 0.416 e. The lowest BCUT2D eigenvalue weighted by Crippen LogP contribution is -2.54. The number of hydrogen-bond donors (Lipinski definition) is 1. The molecule has 3 fully saturated rings. The van der Waals surface area contributed by atoms with E-state index in [9.17, 15) is 18.0 Å². The van der Waals surface area contributed by atoms with Crippen molar-refractivity contribution in [3.8, 4) is 11.5 Å². The molecule has 2 aromatic heterocycles. The van der Waals surface area contributed by atoms with Gasteiger partial charge in [-0.1, -0.05) is 6.07 Å². The number of hydrogen-bond acceptors (Lipinski definition) is 5. The van der Waals surface area contributed by atoms with E-state index < -0.39 is 17.8 Å². The Hall–Kier alpha value is -3.27. The molecule has 34 heavy (non-hydrogen) atoms. The molecule has 1 N–H and O–H groups in total. The van der Waals surface area contributed by atoms with Crippen LogP contribution in [0.25, 0.3) is 11.5 Å². The Labute approximate surface area is 194 Å². The maximum absolute atomic E-state index is 12.9. The van der Waals surface area contributed by atoms with Gasteiger partial charge < -0.3 is 9.15 Å². The summed E-state index contributed by atoms with van der Waals surface area (Å²) < 4.78 is 51.4. The normalized spacial score (nSPS) is 24.2. The highest BCUT2D eigenvalue weighted by Gasteiger charge is 2.42. The molecular formula is C24H25F3N4O3. The molecule has 1 aromatic carbocycles. The Bertz CT molecular complexity index is 1160. The third-order valence-corrected chi connectivity index (χ3v) is 6.79. The van der Waals surface area contributed by atoms with E-state index in [1.165, 1.54) is 12.1 Å². The summed E-state index contributed by atoms with van der Waals surface area (Å²) in [6.07, 6.45) is -1.67. The van der Waals surface area contributed by atoms with Crippen molar-refractivity contribution in [1.82, 2.24) is 14.7 Å². The van der Waals surface area contributed by atoms with Gasteiger partial charge in [0, 0.05) is 36.9 Å². The Morgan fingerprint density at radius 1 is 1.26 bits per heavy atom. The second-order valence-electron chi connectivity index (χ2n) is 8.90. The minimum Gasteiger partial charge on any atom is -0.463 e. The maximum atomic E-state index is 12.9. The lowest BCUT2D eigenvalue weighted by atomic mass is 9.74. The van der Waals surface area contributed by atoms with Crippen LogP contribution in [0.4, 0.5) is 23.7 Å². The van der Waals surface area contributed by atoms with Crippen molar-refractivity contribution < 1.29 is 27.1 Å². The molecule has 4 atom stereocenters. The molecule has 0 radical (unpaired) electrons. The first-order valence-corrected chi connectivity index (χ1v) is 11.2. The second-order valence-corrected chi connectivity index (χ2v) is 8.90. The molecule has 1 amide bonds. The standard InChI is InChI=1S/C24H25F3N4O3/c1-30-21(12-20(29-30)22-6-3-9-33-22)19-13-31-8-7-15(19)10-18(31)14-34-23(32)28-17-5-2-4-16(11-17)24(25,26)27/h2-6,9,11-12,15,18-19H,7-8,10,13-14H2,1H3,(H,28,32). The second kappa shape index (κ2) is 8.83. The van der Waals surface area contributed by atoms with Crippen LogP contribution in [0.3, 0.4) is 0 Å². The molecular weight excluding hydrogens is 449 g/mol. The third kappa shape index (κ3) is 4.54. The summed E-state index contributed by atoms with van der Waals surface area (Å²) >= 11 is 0. The van der Waals surface area contributed by atoms with Crippen LogP contribution in [0.5, 0.6) is 0 Å². The van der Waals surface area contributed by atoms with Gasteiger partial charge in [0.15, 0.2) is 5.76 Å². The van der Waals surface area contributed by atoms with Crippen molar-refractivity contribution in [1.29, 1.82) is 0 Å². The summed E-state index contributed by atoms with van der Waals surface area (Å²) in [7, 11) is 1.94. The lowest BCUT2D eigenvalue weighted by molar-refractivity contribution is -0.137. The van der Waals surface area contributed by atoms with Crippen LogP contribution in [0.15, 0.2) is 53.1 Å². The highest BCUT2D eigenvalue weighted by Crippen LogP contribution is 2.42. The molecule has 10 heteroatoms. The minimum atomic E-state index is -4.47. The Morgan fingerprint density at radius 2 is 2.12 bits per heavy atom. The summed E-state index contributed by atoms with van der Waals surface area (Å²) in [5, 5.41) is 7.00.